The molecule has 0 radical (unpaired) electrons. The zero-order valence-electron chi connectivity index (χ0n) is 15.1. The number of nitrogens with zero attached hydrogens (tertiary/aromatic N) is 2. The highest BCUT2D eigenvalue weighted by atomic mass is 32.1. The molecule has 0 aliphatic carbocycles. The lowest BCUT2D eigenvalue weighted by Gasteiger charge is -2.17. The normalized spacial score (nSPS) is 12.1. The molecule has 1 amide bonds. The van der Waals surface area contributed by atoms with Gasteiger partial charge in [0, 0.05) is 22.7 Å². The van der Waals surface area contributed by atoms with Crippen molar-refractivity contribution in [2.45, 2.75) is 6.04 Å². The molecule has 4 nitrogen and oxygen atoms in total. The van der Waals surface area contributed by atoms with Crippen molar-refractivity contribution in [3.63, 3.8) is 0 Å². The Morgan fingerprint density at radius 1 is 1.00 bits per heavy atom. The fourth-order valence-corrected chi connectivity index (χ4v) is 3.73. The van der Waals surface area contributed by atoms with Crippen molar-refractivity contribution in [2.24, 2.45) is 0 Å². The van der Waals surface area contributed by atoms with Gasteiger partial charge in [-0.1, -0.05) is 54.6 Å². The van der Waals surface area contributed by atoms with Gasteiger partial charge in [0.1, 0.15) is 0 Å². The molecule has 0 fully saturated rings. The molecule has 4 aromatic rings. The molecule has 2 aromatic carbocycles. The molecular formula is C23H19N3OS. The number of benzene rings is 2. The monoisotopic (exact) mass is 385 g/mol. The molecule has 1 N–H and O–H groups in total. The van der Waals surface area contributed by atoms with Crippen LogP contribution in [0.3, 0.4) is 0 Å². The van der Waals surface area contributed by atoms with Crippen LogP contribution < -0.4 is 5.32 Å². The molecule has 0 aliphatic rings. The number of nitrogens with one attached hydrogen (secondary N) is 1. The van der Waals surface area contributed by atoms with Gasteiger partial charge in [0.25, 0.3) is 0 Å². The first-order valence-corrected chi connectivity index (χ1v) is 9.84. The molecule has 138 valence electrons. The van der Waals surface area contributed by atoms with Crippen LogP contribution in [0.1, 0.15) is 22.0 Å². The summed E-state index contributed by atoms with van der Waals surface area (Å²) < 4.78 is 1.79. The number of carbonyl (C=O) groups is 1. The molecule has 0 aliphatic heterocycles. The molecule has 0 bridgehead atoms. The summed E-state index contributed by atoms with van der Waals surface area (Å²) in [6.45, 7) is 0. The van der Waals surface area contributed by atoms with E-state index in [0.717, 1.165) is 21.7 Å². The summed E-state index contributed by atoms with van der Waals surface area (Å²) in [5.41, 5.74) is 2.91. The number of carbonyl (C=O) groups excluding carboxylic acids is 1. The zero-order valence-corrected chi connectivity index (χ0v) is 15.9. The predicted molar refractivity (Wildman–Crippen MR) is 113 cm³/mol. The quantitative estimate of drug-likeness (QED) is 0.482. The van der Waals surface area contributed by atoms with E-state index in [4.69, 9.17) is 0 Å². The van der Waals surface area contributed by atoms with Crippen LogP contribution in [0, 0.1) is 0 Å². The number of amides is 1. The molecule has 28 heavy (non-hydrogen) atoms. The molecule has 0 saturated heterocycles. The van der Waals surface area contributed by atoms with Crippen LogP contribution in [-0.2, 0) is 4.79 Å². The van der Waals surface area contributed by atoms with E-state index in [9.17, 15) is 4.79 Å². The Morgan fingerprint density at radius 3 is 2.46 bits per heavy atom. The third-order valence-electron chi connectivity index (χ3n) is 4.30. The minimum Gasteiger partial charge on any atom is -0.341 e. The van der Waals surface area contributed by atoms with Crippen molar-refractivity contribution in [1.82, 2.24) is 15.1 Å². The van der Waals surface area contributed by atoms with E-state index in [1.165, 1.54) is 0 Å². The smallest absolute Gasteiger partial charge is 0.244 e. The van der Waals surface area contributed by atoms with E-state index in [1.807, 2.05) is 84.4 Å². The van der Waals surface area contributed by atoms with Gasteiger partial charge in [-0.05, 0) is 35.2 Å². The van der Waals surface area contributed by atoms with E-state index >= 15 is 0 Å². The second-order valence-electron chi connectivity index (χ2n) is 6.25. The average molecular weight is 385 g/mol. The van der Waals surface area contributed by atoms with E-state index < -0.39 is 0 Å². The van der Waals surface area contributed by atoms with Gasteiger partial charge in [0.05, 0.1) is 17.9 Å². The molecule has 4 rings (SSSR count). The molecule has 1 atom stereocenters. The first-order chi connectivity index (χ1) is 13.8. The van der Waals surface area contributed by atoms with Crippen molar-refractivity contribution >= 4 is 23.3 Å². The average Bonchev–Trinajstić information content (AvgIpc) is 3.44. The number of para-hydroxylation sites is 1. The van der Waals surface area contributed by atoms with Gasteiger partial charge in [0.2, 0.25) is 5.91 Å². The van der Waals surface area contributed by atoms with Crippen LogP contribution in [-0.4, -0.2) is 15.7 Å². The highest BCUT2D eigenvalue weighted by molar-refractivity contribution is 7.10. The van der Waals surface area contributed by atoms with E-state index in [0.29, 0.717) is 0 Å². The van der Waals surface area contributed by atoms with Crippen LogP contribution in [0.4, 0.5) is 0 Å². The topological polar surface area (TPSA) is 46.9 Å². The minimum atomic E-state index is -0.162. The number of hydrogen-bond acceptors (Lipinski definition) is 3. The second-order valence-corrected chi connectivity index (χ2v) is 7.23. The van der Waals surface area contributed by atoms with Gasteiger partial charge >= 0.3 is 0 Å². The number of aromatic nitrogens is 2. The van der Waals surface area contributed by atoms with Gasteiger partial charge in [-0.2, -0.15) is 5.10 Å². The minimum absolute atomic E-state index is 0.144. The van der Waals surface area contributed by atoms with Crippen molar-refractivity contribution in [2.75, 3.05) is 0 Å². The van der Waals surface area contributed by atoms with Crippen LogP contribution in [0.5, 0.6) is 0 Å². The SMILES string of the molecule is O=C(/C=C/c1cnn(-c2ccccc2)c1)NC(c1ccccc1)c1cccs1. The fraction of sp³-hybridized carbons (Fsp3) is 0.0435. The summed E-state index contributed by atoms with van der Waals surface area (Å²) in [6, 6.07) is 23.7. The maximum absolute atomic E-state index is 12.6. The van der Waals surface area contributed by atoms with Crippen molar-refractivity contribution < 1.29 is 4.79 Å². The maximum Gasteiger partial charge on any atom is 0.244 e. The number of rotatable bonds is 6. The van der Waals surface area contributed by atoms with Gasteiger partial charge in [-0.3, -0.25) is 4.79 Å². The van der Waals surface area contributed by atoms with Crippen LogP contribution in [0.25, 0.3) is 11.8 Å². The Bertz CT molecular complexity index is 1050. The Labute approximate surface area is 167 Å². The first kappa shape index (κ1) is 17.9. The largest absolute Gasteiger partial charge is 0.341 e. The lowest BCUT2D eigenvalue weighted by Crippen LogP contribution is -2.27. The molecular weight excluding hydrogens is 366 g/mol. The molecule has 0 spiro atoms. The summed E-state index contributed by atoms with van der Waals surface area (Å²) in [7, 11) is 0. The summed E-state index contributed by atoms with van der Waals surface area (Å²) in [6.07, 6.45) is 6.96. The zero-order chi connectivity index (χ0) is 19.2. The van der Waals surface area contributed by atoms with E-state index in [-0.39, 0.29) is 11.9 Å². The standard InChI is InChI=1S/C23H19N3OS/c27-22(14-13-18-16-24-26(17-18)20-10-5-2-6-11-20)25-23(21-12-7-15-28-21)19-8-3-1-4-9-19/h1-17,23H,(H,25,27)/b14-13+. The number of thiophene rings is 1. The molecule has 2 aromatic heterocycles. The Kier molecular flexibility index (Phi) is 5.45. The number of hydrogen-bond donors (Lipinski definition) is 1. The van der Waals surface area contributed by atoms with E-state index in [1.54, 1.807) is 34.4 Å². The molecule has 0 saturated carbocycles. The summed E-state index contributed by atoms with van der Waals surface area (Å²) in [4.78, 5) is 13.7. The van der Waals surface area contributed by atoms with Gasteiger partial charge in [-0.15, -0.1) is 11.3 Å². The van der Waals surface area contributed by atoms with E-state index in [2.05, 4.69) is 10.4 Å². The third-order valence-corrected chi connectivity index (χ3v) is 5.23. The highest BCUT2D eigenvalue weighted by Crippen LogP contribution is 2.25. The summed E-state index contributed by atoms with van der Waals surface area (Å²) >= 11 is 1.63. The highest BCUT2D eigenvalue weighted by Gasteiger charge is 2.16. The van der Waals surface area contributed by atoms with Crippen LogP contribution >= 0.6 is 11.3 Å². The lowest BCUT2D eigenvalue weighted by atomic mass is 10.1. The van der Waals surface area contributed by atoms with Crippen LogP contribution in [0.2, 0.25) is 0 Å². The Balaban J connectivity index is 1.48. The summed E-state index contributed by atoms with van der Waals surface area (Å²) in [5.74, 6) is -0.144. The summed E-state index contributed by atoms with van der Waals surface area (Å²) in [5, 5.41) is 9.47. The maximum atomic E-state index is 12.6. The van der Waals surface area contributed by atoms with Gasteiger partial charge in [-0.25, -0.2) is 4.68 Å². The van der Waals surface area contributed by atoms with Crippen molar-refractivity contribution in [3.8, 4) is 5.69 Å². The van der Waals surface area contributed by atoms with Crippen molar-refractivity contribution in [1.29, 1.82) is 0 Å². The Hall–Kier alpha value is -3.44. The van der Waals surface area contributed by atoms with Crippen molar-refractivity contribution in [3.05, 3.63) is 113 Å². The molecule has 5 heteroatoms. The van der Waals surface area contributed by atoms with Gasteiger partial charge < -0.3 is 5.32 Å². The molecule has 2 heterocycles. The van der Waals surface area contributed by atoms with Crippen LogP contribution in [0.15, 0.2) is 96.6 Å². The predicted octanol–water partition coefficient (Wildman–Crippen LogP) is 4.85. The fourth-order valence-electron chi connectivity index (χ4n) is 2.93. The lowest BCUT2D eigenvalue weighted by molar-refractivity contribution is -0.116. The first-order valence-electron chi connectivity index (χ1n) is 8.96. The molecule has 1 unspecified atom stereocenters. The van der Waals surface area contributed by atoms with Gasteiger partial charge in [0.15, 0.2) is 0 Å². The third kappa shape index (κ3) is 4.27. The second kappa shape index (κ2) is 8.50. The Morgan fingerprint density at radius 2 is 1.75 bits per heavy atom.